The molecule has 7 nitrogen and oxygen atoms in total. The molecule has 2 aromatic heterocycles. The highest BCUT2D eigenvalue weighted by Crippen LogP contribution is 2.24. The van der Waals surface area contributed by atoms with Crippen molar-refractivity contribution in [1.29, 1.82) is 0 Å². The van der Waals surface area contributed by atoms with E-state index in [1.807, 2.05) is 19.1 Å². The third kappa shape index (κ3) is 3.82. The fraction of sp³-hybridized carbons (Fsp3) is 0.0556. The minimum atomic E-state index is -0.253. The Bertz CT molecular complexity index is 1140. The van der Waals surface area contributed by atoms with Crippen LogP contribution in [0.5, 0.6) is 0 Å². The van der Waals surface area contributed by atoms with Gasteiger partial charge in [-0.05, 0) is 55.5 Å². The van der Waals surface area contributed by atoms with Crippen LogP contribution in [-0.2, 0) is 0 Å². The standard InChI is InChI=1S/C18H12BrClN6OS/c1-10-15(23-25-26(10)14-8-6-13(20)7-9-14)16-21-18(28-24-16)22-17(27)11-2-4-12(19)5-3-11/h2-9H,1H3,(H,21,22,24,27). The molecule has 1 N–H and O–H groups in total. The topological polar surface area (TPSA) is 85.6 Å². The minimum absolute atomic E-state index is 0.253. The van der Waals surface area contributed by atoms with Crippen LogP contribution in [0.4, 0.5) is 5.13 Å². The van der Waals surface area contributed by atoms with Crippen LogP contribution in [-0.4, -0.2) is 30.3 Å². The van der Waals surface area contributed by atoms with Crippen LogP contribution in [0.15, 0.2) is 53.0 Å². The molecule has 0 atom stereocenters. The van der Waals surface area contributed by atoms with E-state index in [9.17, 15) is 4.79 Å². The second-order valence-electron chi connectivity index (χ2n) is 5.80. The lowest BCUT2D eigenvalue weighted by Gasteiger charge is -2.03. The summed E-state index contributed by atoms with van der Waals surface area (Å²) in [4.78, 5) is 16.7. The lowest BCUT2D eigenvalue weighted by molar-refractivity contribution is 0.102. The van der Waals surface area contributed by atoms with Gasteiger partial charge in [0.2, 0.25) is 5.13 Å². The van der Waals surface area contributed by atoms with Crippen molar-refractivity contribution in [2.24, 2.45) is 0 Å². The number of halogens is 2. The molecule has 0 aliphatic heterocycles. The summed E-state index contributed by atoms with van der Waals surface area (Å²) < 4.78 is 6.89. The molecule has 0 fully saturated rings. The van der Waals surface area contributed by atoms with Crippen molar-refractivity contribution in [1.82, 2.24) is 24.4 Å². The molecule has 4 aromatic rings. The SMILES string of the molecule is Cc1c(-c2nsc(NC(=O)c3ccc(Br)cc3)n2)nnn1-c1ccc(Cl)cc1. The van der Waals surface area contributed by atoms with Crippen molar-refractivity contribution < 1.29 is 4.79 Å². The third-order valence-corrected chi connectivity index (χ3v) is 5.34. The summed E-state index contributed by atoms with van der Waals surface area (Å²) in [6.07, 6.45) is 0. The summed E-state index contributed by atoms with van der Waals surface area (Å²) in [5.41, 5.74) is 2.70. The average Bonchev–Trinajstić information content (AvgIpc) is 3.29. The fourth-order valence-corrected chi connectivity index (χ4v) is 3.46. The van der Waals surface area contributed by atoms with Crippen LogP contribution in [0.3, 0.4) is 0 Å². The number of amides is 1. The van der Waals surface area contributed by atoms with Gasteiger partial charge in [-0.15, -0.1) is 5.10 Å². The Hall–Kier alpha value is -2.62. The summed E-state index contributed by atoms with van der Waals surface area (Å²) in [6, 6.07) is 14.3. The largest absolute Gasteiger partial charge is 0.297 e. The highest BCUT2D eigenvalue weighted by atomic mass is 79.9. The lowest BCUT2D eigenvalue weighted by Crippen LogP contribution is -2.11. The highest BCUT2D eigenvalue weighted by Gasteiger charge is 2.18. The molecule has 1 amide bonds. The van der Waals surface area contributed by atoms with E-state index in [-0.39, 0.29) is 5.91 Å². The van der Waals surface area contributed by atoms with E-state index < -0.39 is 0 Å². The molecule has 0 spiro atoms. The number of carbonyl (C=O) groups excluding carboxylic acids is 1. The molecule has 140 valence electrons. The fourth-order valence-electron chi connectivity index (χ4n) is 2.50. The first kappa shape index (κ1) is 18.7. The Kier molecular flexibility index (Phi) is 5.21. The van der Waals surface area contributed by atoms with Gasteiger partial charge in [-0.2, -0.15) is 9.36 Å². The summed E-state index contributed by atoms with van der Waals surface area (Å²) >= 11 is 10.4. The van der Waals surface area contributed by atoms with E-state index in [0.717, 1.165) is 27.4 Å². The van der Waals surface area contributed by atoms with Crippen LogP contribution >= 0.6 is 39.1 Å². The second kappa shape index (κ2) is 7.78. The van der Waals surface area contributed by atoms with Gasteiger partial charge < -0.3 is 0 Å². The summed E-state index contributed by atoms with van der Waals surface area (Å²) in [7, 11) is 0. The Balaban J connectivity index is 1.55. The predicted molar refractivity (Wildman–Crippen MR) is 112 cm³/mol. The van der Waals surface area contributed by atoms with E-state index >= 15 is 0 Å². The minimum Gasteiger partial charge on any atom is -0.297 e. The first-order chi connectivity index (χ1) is 13.5. The summed E-state index contributed by atoms with van der Waals surface area (Å²) in [5.74, 6) is 0.158. The molecule has 0 saturated heterocycles. The molecule has 0 aliphatic rings. The van der Waals surface area contributed by atoms with Crippen LogP contribution in [0, 0.1) is 6.92 Å². The molecule has 0 aliphatic carbocycles. The zero-order valence-corrected chi connectivity index (χ0v) is 17.6. The predicted octanol–water partition coefficient (Wildman–Crippen LogP) is 4.76. The van der Waals surface area contributed by atoms with E-state index in [4.69, 9.17) is 11.6 Å². The molecule has 0 saturated carbocycles. The number of nitrogens with one attached hydrogen (secondary N) is 1. The summed E-state index contributed by atoms with van der Waals surface area (Å²) in [5, 5.41) is 12.2. The zero-order chi connectivity index (χ0) is 19.7. The maximum atomic E-state index is 12.3. The number of anilines is 1. The van der Waals surface area contributed by atoms with Gasteiger partial charge >= 0.3 is 0 Å². The third-order valence-electron chi connectivity index (χ3n) is 3.93. The number of carbonyl (C=O) groups is 1. The molecular weight excluding hydrogens is 464 g/mol. The van der Waals surface area contributed by atoms with E-state index in [1.54, 1.807) is 41.1 Å². The number of hydrogen-bond donors (Lipinski definition) is 1. The average molecular weight is 476 g/mol. The first-order valence-electron chi connectivity index (χ1n) is 8.10. The number of aromatic nitrogens is 5. The Morgan fingerprint density at radius 2 is 1.86 bits per heavy atom. The van der Waals surface area contributed by atoms with Crippen molar-refractivity contribution in [3.63, 3.8) is 0 Å². The van der Waals surface area contributed by atoms with Crippen molar-refractivity contribution in [2.45, 2.75) is 6.92 Å². The smallest absolute Gasteiger partial charge is 0.257 e. The number of rotatable bonds is 4. The van der Waals surface area contributed by atoms with Gasteiger partial charge in [0.05, 0.1) is 11.4 Å². The van der Waals surface area contributed by atoms with Crippen LogP contribution in [0.25, 0.3) is 17.2 Å². The van der Waals surface area contributed by atoms with E-state index in [0.29, 0.717) is 27.2 Å². The number of benzene rings is 2. The van der Waals surface area contributed by atoms with Crippen LogP contribution < -0.4 is 5.32 Å². The quantitative estimate of drug-likeness (QED) is 0.460. The molecule has 10 heteroatoms. The van der Waals surface area contributed by atoms with Gasteiger partial charge in [0, 0.05) is 26.6 Å². The Labute approximate surface area is 177 Å². The highest BCUT2D eigenvalue weighted by molar-refractivity contribution is 9.10. The van der Waals surface area contributed by atoms with E-state index in [1.165, 1.54) is 0 Å². The number of hydrogen-bond acceptors (Lipinski definition) is 6. The number of nitrogens with zero attached hydrogens (tertiary/aromatic N) is 5. The van der Waals surface area contributed by atoms with Gasteiger partial charge in [0.1, 0.15) is 0 Å². The van der Waals surface area contributed by atoms with Crippen LogP contribution in [0.1, 0.15) is 16.1 Å². The normalized spacial score (nSPS) is 10.8. The maximum Gasteiger partial charge on any atom is 0.257 e. The van der Waals surface area contributed by atoms with Gasteiger partial charge in [-0.3, -0.25) is 10.1 Å². The van der Waals surface area contributed by atoms with Crippen molar-refractivity contribution >= 4 is 50.1 Å². The Morgan fingerprint density at radius 3 is 2.57 bits per heavy atom. The van der Waals surface area contributed by atoms with E-state index in [2.05, 4.69) is 40.9 Å². The van der Waals surface area contributed by atoms with Crippen molar-refractivity contribution in [3.8, 4) is 17.2 Å². The van der Waals surface area contributed by atoms with Crippen molar-refractivity contribution in [2.75, 3.05) is 5.32 Å². The zero-order valence-electron chi connectivity index (χ0n) is 14.4. The second-order valence-corrected chi connectivity index (χ2v) is 7.90. The van der Waals surface area contributed by atoms with Crippen molar-refractivity contribution in [3.05, 3.63) is 69.3 Å². The van der Waals surface area contributed by atoms with Crippen LogP contribution in [0.2, 0.25) is 5.02 Å². The van der Waals surface area contributed by atoms with Gasteiger partial charge in [-0.25, -0.2) is 4.68 Å². The molecule has 4 rings (SSSR count). The van der Waals surface area contributed by atoms with Gasteiger partial charge in [0.15, 0.2) is 11.5 Å². The molecule has 2 aromatic carbocycles. The molecular formula is C18H12BrClN6OS. The molecule has 0 bridgehead atoms. The molecule has 0 unspecified atom stereocenters. The first-order valence-corrected chi connectivity index (χ1v) is 10.0. The lowest BCUT2D eigenvalue weighted by atomic mass is 10.2. The maximum absolute atomic E-state index is 12.3. The van der Waals surface area contributed by atoms with Gasteiger partial charge in [-0.1, -0.05) is 32.7 Å². The summed E-state index contributed by atoms with van der Waals surface area (Å²) in [6.45, 7) is 1.88. The molecule has 0 radical (unpaired) electrons. The molecule has 28 heavy (non-hydrogen) atoms. The Morgan fingerprint density at radius 1 is 1.14 bits per heavy atom. The molecule has 2 heterocycles. The monoisotopic (exact) mass is 474 g/mol. The van der Waals surface area contributed by atoms with Gasteiger partial charge in [0.25, 0.3) is 5.91 Å².